The van der Waals surface area contributed by atoms with Gasteiger partial charge in [0.25, 0.3) is 0 Å². The molecular weight excluding hydrogens is 502 g/mol. The molecular formula is C34H49NO3S. The summed E-state index contributed by atoms with van der Waals surface area (Å²) in [5.41, 5.74) is 4.58. The molecule has 5 rings (SSSR count). The Balaban J connectivity index is 1.26. The Morgan fingerprint density at radius 1 is 1.18 bits per heavy atom. The molecule has 0 aromatic carbocycles. The van der Waals surface area contributed by atoms with E-state index in [9.17, 15) is 15.3 Å². The van der Waals surface area contributed by atoms with Crippen LogP contribution in [0, 0.1) is 23.2 Å². The second-order valence-electron chi connectivity index (χ2n) is 13.3. The van der Waals surface area contributed by atoms with Gasteiger partial charge in [0.05, 0.1) is 29.4 Å². The number of aliphatic hydroxyl groups excluding tert-OH is 3. The Labute approximate surface area is 239 Å². The fourth-order valence-electron chi connectivity index (χ4n) is 7.99. The predicted octanol–water partition coefficient (Wildman–Crippen LogP) is 7.21. The summed E-state index contributed by atoms with van der Waals surface area (Å²) in [6.45, 7) is 11.2. The van der Waals surface area contributed by atoms with Crippen LogP contribution in [0.5, 0.6) is 0 Å². The number of allylic oxidation sites excluding steroid dienone is 4. The fraction of sp³-hybridized carbons (Fsp3) is 0.676. The highest BCUT2D eigenvalue weighted by molar-refractivity contribution is 7.09. The van der Waals surface area contributed by atoms with Gasteiger partial charge in [0, 0.05) is 11.8 Å². The third kappa shape index (κ3) is 5.80. The minimum absolute atomic E-state index is 0.161. The highest BCUT2D eigenvalue weighted by Gasteiger charge is 2.53. The molecule has 0 saturated heterocycles. The van der Waals surface area contributed by atoms with Crippen LogP contribution >= 0.6 is 11.3 Å². The molecule has 0 amide bonds. The first-order valence-electron chi connectivity index (χ1n) is 15.4. The molecule has 1 heterocycles. The Morgan fingerprint density at radius 3 is 2.72 bits per heavy atom. The monoisotopic (exact) mass is 551 g/mol. The van der Waals surface area contributed by atoms with Gasteiger partial charge in [-0.1, -0.05) is 63.6 Å². The number of thiazole rings is 1. The Morgan fingerprint density at radius 2 is 1.97 bits per heavy atom. The molecule has 0 bridgehead atoms. The Kier molecular flexibility index (Phi) is 8.74. The Bertz CT molecular complexity index is 1130. The van der Waals surface area contributed by atoms with E-state index in [4.69, 9.17) is 4.98 Å². The lowest BCUT2D eigenvalue weighted by atomic mass is 9.61. The second kappa shape index (κ2) is 11.8. The zero-order chi connectivity index (χ0) is 27.8. The quantitative estimate of drug-likeness (QED) is 0.284. The summed E-state index contributed by atoms with van der Waals surface area (Å²) < 4.78 is 0. The first-order valence-corrected chi connectivity index (χ1v) is 16.3. The molecule has 39 heavy (non-hydrogen) atoms. The van der Waals surface area contributed by atoms with Crippen LogP contribution in [0.25, 0.3) is 0 Å². The second-order valence-corrected chi connectivity index (χ2v) is 14.1. The molecule has 4 aliphatic rings. The maximum Gasteiger partial charge on any atom is 0.102 e. The van der Waals surface area contributed by atoms with Crippen LogP contribution in [-0.2, 0) is 11.8 Å². The molecule has 4 fully saturated rings. The first kappa shape index (κ1) is 29.0. The van der Waals surface area contributed by atoms with Gasteiger partial charge in [-0.05, 0) is 98.5 Å². The van der Waals surface area contributed by atoms with E-state index < -0.39 is 18.3 Å². The minimum atomic E-state index is -0.637. The van der Waals surface area contributed by atoms with Crippen molar-refractivity contribution in [3.8, 4) is 0 Å². The predicted molar refractivity (Wildman–Crippen MR) is 161 cm³/mol. The highest BCUT2D eigenvalue weighted by atomic mass is 32.1. The Hall–Kier alpha value is -1.53. The number of hydrogen-bond acceptors (Lipinski definition) is 5. The molecule has 4 aliphatic carbocycles. The van der Waals surface area contributed by atoms with E-state index in [-0.39, 0.29) is 10.8 Å². The summed E-state index contributed by atoms with van der Waals surface area (Å²) in [4.78, 5) is 4.93. The van der Waals surface area contributed by atoms with E-state index in [1.807, 2.05) is 0 Å². The molecule has 0 spiro atoms. The lowest BCUT2D eigenvalue weighted by Gasteiger charge is -2.44. The van der Waals surface area contributed by atoms with Crippen LogP contribution < -0.4 is 0 Å². The van der Waals surface area contributed by atoms with E-state index in [0.29, 0.717) is 30.6 Å². The average molecular weight is 552 g/mol. The van der Waals surface area contributed by atoms with Crippen LogP contribution in [0.1, 0.15) is 102 Å². The number of rotatable bonds is 9. The van der Waals surface area contributed by atoms with Crippen LogP contribution in [0.3, 0.4) is 0 Å². The van der Waals surface area contributed by atoms with Gasteiger partial charge in [-0.3, -0.25) is 0 Å². The van der Waals surface area contributed by atoms with Crippen LogP contribution in [0.2, 0.25) is 0 Å². The SMILES string of the molecule is C=C1/C(=C\C=C2/CCC[C@]3(C)[C@@H]([C@@H](C)/C=C/[C@H](O)C4(c5nc(CCCC)cs5)CC4)CC[C@@H]23)C[C@@H](O)C[C@@H]1O. The number of aryl methyl sites for hydroxylation is 1. The van der Waals surface area contributed by atoms with Gasteiger partial charge in [0.15, 0.2) is 0 Å². The molecule has 0 unspecified atom stereocenters. The topological polar surface area (TPSA) is 73.6 Å². The molecule has 0 radical (unpaired) electrons. The smallest absolute Gasteiger partial charge is 0.102 e. The van der Waals surface area contributed by atoms with Crippen molar-refractivity contribution >= 4 is 11.3 Å². The largest absolute Gasteiger partial charge is 0.393 e. The van der Waals surface area contributed by atoms with Crippen molar-refractivity contribution in [3.63, 3.8) is 0 Å². The number of nitrogens with zero attached hydrogens (tertiary/aromatic N) is 1. The van der Waals surface area contributed by atoms with Crippen molar-refractivity contribution in [2.75, 3.05) is 0 Å². The lowest BCUT2D eigenvalue weighted by Crippen LogP contribution is -2.35. The molecule has 4 nitrogen and oxygen atoms in total. The van der Waals surface area contributed by atoms with Crippen molar-refractivity contribution in [1.82, 2.24) is 4.98 Å². The molecule has 5 heteroatoms. The maximum atomic E-state index is 11.3. The van der Waals surface area contributed by atoms with Gasteiger partial charge < -0.3 is 15.3 Å². The summed E-state index contributed by atoms with van der Waals surface area (Å²) in [6, 6.07) is 0. The van der Waals surface area contributed by atoms with Crippen molar-refractivity contribution in [3.05, 3.63) is 63.7 Å². The van der Waals surface area contributed by atoms with Crippen molar-refractivity contribution in [2.45, 2.75) is 122 Å². The van der Waals surface area contributed by atoms with Crippen molar-refractivity contribution in [1.29, 1.82) is 0 Å². The molecule has 3 N–H and O–H groups in total. The lowest BCUT2D eigenvalue weighted by molar-refractivity contribution is 0.0862. The van der Waals surface area contributed by atoms with Crippen molar-refractivity contribution in [2.24, 2.45) is 23.2 Å². The van der Waals surface area contributed by atoms with E-state index in [1.54, 1.807) is 11.3 Å². The van der Waals surface area contributed by atoms with Gasteiger partial charge in [-0.15, -0.1) is 11.3 Å². The number of unbranched alkanes of at least 4 members (excludes halogenated alkanes) is 1. The molecule has 214 valence electrons. The van der Waals surface area contributed by atoms with Gasteiger partial charge in [-0.25, -0.2) is 4.98 Å². The summed E-state index contributed by atoms with van der Waals surface area (Å²) >= 11 is 1.74. The number of aromatic nitrogens is 1. The molecule has 7 atom stereocenters. The third-order valence-corrected chi connectivity index (χ3v) is 11.8. The van der Waals surface area contributed by atoms with E-state index in [2.05, 4.69) is 57.0 Å². The fourth-order valence-corrected chi connectivity index (χ4v) is 9.13. The summed E-state index contributed by atoms with van der Waals surface area (Å²) in [6.07, 6.45) is 19.7. The third-order valence-electron chi connectivity index (χ3n) is 10.7. The molecule has 4 saturated carbocycles. The number of fused-ring (bicyclic) bond motifs is 1. The maximum absolute atomic E-state index is 11.3. The normalized spacial score (nSPS) is 36.0. The standard InChI is InChI=1S/C34H49NO3S/c1-5-6-9-26-21-39-32(35-26)34(17-18-34)31(38)15-10-22(2)28-13-14-29-24(8-7-16-33(28,29)4)11-12-25-19-27(36)20-30(37)23(25)3/h10-12,15,21-22,27-31,36-38H,3,5-9,13-14,16-20H2,1-2,4H3/b15-10+,24-11+,25-12-/t22-,27+,28+,29-,30-,31-,33+/m0/s1. The summed E-state index contributed by atoms with van der Waals surface area (Å²) in [7, 11) is 0. The van der Waals surface area contributed by atoms with Crippen LogP contribution in [-0.4, -0.2) is 38.6 Å². The number of hydrogen-bond donors (Lipinski definition) is 3. The zero-order valence-corrected chi connectivity index (χ0v) is 25.1. The van der Waals surface area contributed by atoms with Crippen LogP contribution in [0.15, 0.2) is 53.0 Å². The molecule has 1 aromatic heterocycles. The first-order chi connectivity index (χ1) is 18.7. The van der Waals surface area contributed by atoms with Gasteiger partial charge >= 0.3 is 0 Å². The van der Waals surface area contributed by atoms with E-state index in [0.717, 1.165) is 41.8 Å². The van der Waals surface area contributed by atoms with Gasteiger partial charge in [0.2, 0.25) is 0 Å². The van der Waals surface area contributed by atoms with Crippen LogP contribution in [0.4, 0.5) is 0 Å². The van der Waals surface area contributed by atoms with Crippen molar-refractivity contribution < 1.29 is 15.3 Å². The highest BCUT2D eigenvalue weighted by Crippen LogP contribution is 2.60. The number of aliphatic hydroxyl groups is 3. The average Bonchev–Trinajstić information content (AvgIpc) is 3.44. The summed E-state index contributed by atoms with van der Waals surface area (Å²) in [5.74, 6) is 1.60. The van der Waals surface area contributed by atoms with Gasteiger partial charge in [0.1, 0.15) is 5.01 Å². The van der Waals surface area contributed by atoms with Gasteiger partial charge in [-0.2, -0.15) is 0 Å². The zero-order valence-electron chi connectivity index (χ0n) is 24.2. The molecule has 0 aliphatic heterocycles. The van der Waals surface area contributed by atoms with E-state index >= 15 is 0 Å². The summed E-state index contributed by atoms with van der Waals surface area (Å²) in [5, 5.41) is 35.0. The molecule has 1 aromatic rings. The van der Waals surface area contributed by atoms with E-state index in [1.165, 1.54) is 49.8 Å². The minimum Gasteiger partial charge on any atom is -0.393 e.